The van der Waals surface area contributed by atoms with Crippen molar-refractivity contribution >= 4 is 48.3 Å². The van der Waals surface area contributed by atoms with Gasteiger partial charge in [0.25, 0.3) is 0 Å². The monoisotopic (exact) mass is 1180 g/mol. The number of hydrogen-bond acceptors (Lipinski definition) is 8. The summed E-state index contributed by atoms with van der Waals surface area (Å²) in [5.74, 6) is -2.57. The summed E-state index contributed by atoms with van der Waals surface area (Å²) >= 11 is 8.87. The first-order chi connectivity index (χ1) is 26.2. The van der Waals surface area contributed by atoms with E-state index < -0.39 is 23.3 Å². The van der Waals surface area contributed by atoms with E-state index in [1.165, 1.54) is 28.7 Å². The van der Waals surface area contributed by atoms with Crippen molar-refractivity contribution in [3.63, 3.8) is 0 Å². The van der Waals surface area contributed by atoms with Crippen LogP contribution < -0.4 is 29.6 Å². The van der Waals surface area contributed by atoms with E-state index in [0.717, 1.165) is 35.4 Å². The molecule has 6 rings (SSSR count). The van der Waals surface area contributed by atoms with Crippen molar-refractivity contribution in [2.24, 2.45) is 9.98 Å². The molecule has 2 heterocycles. The zero-order valence-corrected chi connectivity index (χ0v) is 38.5. The summed E-state index contributed by atoms with van der Waals surface area (Å²) < 4.78 is 51.6. The Kier molecular flexibility index (Phi) is 38.5. The molecule has 0 aliphatic heterocycles. The molecule has 0 spiro atoms. The molecule has 0 saturated carbocycles. The van der Waals surface area contributed by atoms with Crippen LogP contribution in [0, 0.1) is 56.7 Å². The minimum atomic E-state index is -0.649. The van der Waals surface area contributed by atoms with Crippen molar-refractivity contribution < 1.29 is 85.1 Å². The Morgan fingerprint density at radius 3 is 1.18 bits per heavy atom. The van der Waals surface area contributed by atoms with Crippen molar-refractivity contribution in [1.82, 2.24) is 9.97 Å². The quantitative estimate of drug-likeness (QED) is 0.0450. The summed E-state index contributed by atoms with van der Waals surface area (Å²) in [7, 11) is 4.64. The zero-order chi connectivity index (χ0) is 40.4. The van der Waals surface area contributed by atoms with Gasteiger partial charge in [-0.3, -0.25) is 17.6 Å². The third kappa shape index (κ3) is 26.2. The van der Waals surface area contributed by atoms with E-state index in [2.05, 4.69) is 66.9 Å². The molecule has 0 radical (unpaired) electrons. The van der Waals surface area contributed by atoms with Crippen LogP contribution in [-0.4, -0.2) is 23.4 Å². The van der Waals surface area contributed by atoms with E-state index in [0.29, 0.717) is 24.5 Å². The average Bonchev–Trinajstić information content (AvgIpc) is 3.19. The fourth-order valence-corrected chi connectivity index (χ4v) is 3.68. The van der Waals surface area contributed by atoms with Crippen LogP contribution in [0.5, 0.6) is 0 Å². The van der Waals surface area contributed by atoms with Crippen molar-refractivity contribution in [2.75, 3.05) is 0 Å². The van der Waals surface area contributed by atoms with Crippen molar-refractivity contribution in [3.8, 4) is 33.3 Å². The first kappa shape index (κ1) is 56.6. The standard InChI is InChI=1S/2C11H6F2N.2C8H8N.2CHNS.ClH.2Ir.Na/c2*12-8-4-5-9(10(13)7-8)11-3-1-2-6-14-11;2*1-9-7-8-5-3-2-4-6-8;2*2-1-3;;;;/h2*1-4,6-7H;2*1-6H,7H2;2*3H;1H;;;/q4*-1;;;;2*+3;+1/p-3. The average molecular weight is 1180 g/mol. The topological polar surface area (TPSA) is 98.1 Å². The molecule has 0 aliphatic rings. The maximum absolute atomic E-state index is 13.2. The van der Waals surface area contributed by atoms with E-state index in [-0.39, 0.29) is 60.8 Å². The SMILES string of the molecule is Fc1c[c-]c(-c2ccccn2)c(F)c1.Fc1c[c-]c(-c2ccccn2)c(F)c1.N#C[S-].N#C[S-].[CH-]=NCc1ccccc1.[CH-]=NCc1ccccc1.[Cl][Ir+2].[Ir+3].[Na+]. The molecule has 0 saturated heterocycles. The maximum atomic E-state index is 13.2. The summed E-state index contributed by atoms with van der Waals surface area (Å²) in [5.41, 5.74) is 3.58. The fourth-order valence-electron chi connectivity index (χ4n) is 3.68. The van der Waals surface area contributed by atoms with E-state index >= 15 is 0 Å². The van der Waals surface area contributed by atoms with E-state index in [9.17, 15) is 17.6 Å². The number of halogens is 5. The first-order valence-electron chi connectivity index (χ1n) is 14.8. The van der Waals surface area contributed by atoms with E-state index in [1.807, 2.05) is 60.7 Å². The van der Waals surface area contributed by atoms with Gasteiger partial charge in [-0.05, 0) is 34.6 Å². The molecule has 0 aliphatic carbocycles. The number of thiocyanates is 2. The summed E-state index contributed by atoms with van der Waals surface area (Å²) in [5, 5.41) is 16.9. The summed E-state index contributed by atoms with van der Waals surface area (Å²) in [6.07, 6.45) is 3.10. The second kappa shape index (κ2) is 38.1. The van der Waals surface area contributed by atoms with Crippen LogP contribution in [0.2, 0.25) is 0 Å². The van der Waals surface area contributed by atoms with Gasteiger partial charge in [-0.2, -0.15) is 0 Å². The minimum Gasteiger partial charge on any atom is 1.00 e. The van der Waals surface area contributed by atoms with Crippen molar-refractivity contribution in [1.29, 1.82) is 10.5 Å². The predicted octanol–water partition coefficient (Wildman–Crippen LogP) is 6.90. The molecule has 0 unspecified atom stereocenters. The molecular formula is C40H28ClF4Ir2N6NaS2. The molecule has 56 heavy (non-hydrogen) atoms. The molecule has 6 nitrogen and oxygen atoms in total. The Labute approximate surface area is 386 Å². The van der Waals surface area contributed by atoms with Crippen LogP contribution in [0.1, 0.15) is 11.1 Å². The third-order valence-corrected chi connectivity index (χ3v) is 5.79. The van der Waals surface area contributed by atoms with Crippen molar-refractivity contribution in [2.45, 2.75) is 13.1 Å². The maximum Gasteiger partial charge on any atom is 3.00 e. The van der Waals surface area contributed by atoms with Gasteiger partial charge in [0.1, 0.15) is 0 Å². The predicted molar refractivity (Wildman–Crippen MR) is 206 cm³/mol. The molecule has 0 amide bonds. The molecule has 0 atom stereocenters. The second-order valence-electron chi connectivity index (χ2n) is 9.35. The zero-order valence-electron chi connectivity index (χ0n) is 29.3. The van der Waals surface area contributed by atoms with Crippen LogP contribution in [0.3, 0.4) is 0 Å². The Morgan fingerprint density at radius 1 is 0.625 bits per heavy atom. The Balaban J connectivity index is -0.000000631. The van der Waals surface area contributed by atoms with Gasteiger partial charge in [0.2, 0.25) is 0 Å². The number of aliphatic imine (C=N–C) groups is 2. The van der Waals surface area contributed by atoms with E-state index in [4.69, 9.17) is 24.0 Å². The normalized spacial score (nSPS) is 8.29. The van der Waals surface area contributed by atoms with Gasteiger partial charge >= 0.3 is 77.1 Å². The van der Waals surface area contributed by atoms with Crippen LogP contribution in [0.25, 0.3) is 22.5 Å². The molecule has 284 valence electrons. The van der Waals surface area contributed by atoms with Gasteiger partial charge in [0.05, 0.1) is 0 Å². The van der Waals surface area contributed by atoms with Gasteiger partial charge in [-0.25, -0.2) is 10.5 Å². The van der Waals surface area contributed by atoms with Crippen molar-refractivity contribution in [3.05, 3.63) is 180 Å². The molecule has 0 bridgehead atoms. The smallest absolute Gasteiger partial charge is 1.00 e. The molecule has 6 aromatic rings. The number of benzene rings is 4. The Bertz CT molecular complexity index is 1840. The molecule has 2 aromatic heterocycles. The number of aromatic nitrogens is 2. The van der Waals surface area contributed by atoms with Crippen LogP contribution in [0.4, 0.5) is 17.6 Å². The molecular weight excluding hydrogens is 1150 g/mol. The van der Waals surface area contributed by atoms with Crippen LogP contribution >= 0.6 is 9.58 Å². The van der Waals surface area contributed by atoms with E-state index in [1.54, 1.807) is 48.8 Å². The van der Waals surface area contributed by atoms with Gasteiger partial charge in [-0.1, -0.05) is 119 Å². The van der Waals surface area contributed by atoms with Crippen LogP contribution in [-0.2, 0) is 76.3 Å². The summed E-state index contributed by atoms with van der Waals surface area (Å²) in [4.78, 5) is 14.9. The first-order valence-corrected chi connectivity index (χ1v) is 18.5. The minimum absolute atomic E-state index is 0. The summed E-state index contributed by atoms with van der Waals surface area (Å²) in [6, 6.07) is 38.9. The Hall–Kier alpha value is -3.75. The second-order valence-corrected chi connectivity index (χ2v) is 9.71. The molecule has 0 N–H and O–H groups in total. The largest absolute Gasteiger partial charge is 3.00 e. The van der Waals surface area contributed by atoms with Gasteiger partial charge in [-0.15, -0.1) is 24.3 Å². The fraction of sp³-hybridized carbons (Fsp3) is 0.0500. The third-order valence-electron chi connectivity index (χ3n) is 5.79. The van der Waals surface area contributed by atoms with Gasteiger partial charge in [0, 0.05) is 48.8 Å². The molecule has 4 aromatic carbocycles. The van der Waals surface area contributed by atoms with Gasteiger partial charge < -0.3 is 58.6 Å². The number of rotatable bonds is 6. The number of nitrogens with zero attached hydrogens (tertiary/aromatic N) is 6. The number of hydrogen-bond donors (Lipinski definition) is 0. The van der Waals surface area contributed by atoms with Crippen LogP contribution in [0.15, 0.2) is 144 Å². The number of pyridine rings is 2. The molecule has 16 heteroatoms. The number of nitriles is 2. The van der Waals surface area contributed by atoms with Gasteiger partial charge in [0.15, 0.2) is 0 Å². The Morgan fingerprint density at radius 2 is 0.929 bits per heavy atom. The molecule has 0 fully saturated rings. The summed E-state index contributed by atoms with van der Waals surface area (Å²) in [6.45, 7) is 11.2.